The summed E-state index contributed by atoms with van der Waals surface area (Å²) in [5, 5.41) is 0. The van der Waals surface area contributed by atoms with Gasteiger partial charge in [-0.1, -0.05) is 18.2 Å². The van der Waals surface area contributed by atoms with Crippen LogP contribution in [0.5, 0.6) is 0 Å². The number of aliphatic imine (C=N–C) groups is 1. The summed E-state index contributed by atoms with van der Waals surface area (Å²) in [6, 6.07) is 7.35. The maximum absolute atomic E-state index is 4.93. The van der Waals surface area contributed by atoms with Gasteiger partial charge in [0, 0.05) is 18.5 Å². The molecule has 1 saturated heterocycles. The lowest BCUT2D eigenvalue weighted by Crippen LogP contribution is -2.38. The Balaban J connectivity index is 1.88. The summed E-state index contributed by atoms with van der Waals surface area (Å²) in [7, 11) is 0. The van der Waals surface area contributed by atoms with Crippen molar-refractivity contribution in [2.24, 2.45) is 10.9 Å². The van der Waals surface area contributed by atoms with E-state index >= 15 is 0 Å². The van der Waals surface area contributed by atoms with E-state index in [0.29, 0.717) is 0 Å². The number of benzene rings is 1. The summed E-state index contributed by atoms with van der Waals surface area (Å²) in [4.78, 5) is 7.48. The Hall–Kier alpha value is -1.31. The van der Waals surface area contributed by atoms with Crippen molar-refractivity contribution in [2.75, 3.05) is 0 Å². The smallest absolute Gasteiger partial charge is 0.109 e. The Morgan fingerprint density at radius 3 is 3.19 bits per heavy atom. The fourth-order valence-electron chi connectivity index (χ4n) is 3.57. The maximum atomic E-state index is 4.93. The third-order valence-corrected chi connectivity index (χ3v) is 4.39. The summed E-state index contributed by atoms with van der Waals surface area (Å²) in [6.45, 7) is 3.27. The van der Waals surface area contributed by atoms with E-state index in [4.69, 9.17) is 4.99 Å². The third-order valence-electron chi connectivity index (χ3n) is 4.39. The van der Waals surface area contributed by atoms with Crippen molar-refractivity contribution in [3.63, 3.8) is 0 Å². The van der Waals surface area contributed by atoms with Crippen molar-refractivity contribution in [2.45, 2.75) is 38.8 Å². The molecule has 2 fully saturated rings. The van der Waals surface area contributed by atoms with Crippen LogP contribution in [0.15, 0.2) is 23.2 Å². The zero-order chi connectivity index (χ0) is 10.7. The van der Waals surface area contributed by atoms with Gasteiger partial charge in [0.15, 0.2) is 0 Å². The second-order valence-electron chi connectivity index (χ2n) is 5.34. The first-order valence-corrected chi connectivity index (χ1v) is 6.26. The highest BCUT2D eigenvalue weighted by atomic mass is 15.3. The molecule has 1 aromatic rings. The van der Waals surface area contributed by atoms with Crippen LogP contribution >= 0.6 is 0 Å². The van der Waals surface area contributed by atoms with Gasteiger partial charge >= 0.3 is 0 Å². The summed E-state index contributed by atoms with van der Waals surface area (Å²) in [5.74, 6) is 2.15. The lowest BCUT2D eigenvalue weighted by atomic mass is 10.0. The molecule has 0 amide bonds. The zero-order valence-electron chi connectivity index (χ0n) is 9.61. The van der Waals surface area contributed by atoms with E-state index in [1.54, 1.807) is 0 Å². The quantitative estimate of drug-likeness (QED) is 0.645. The van der Waals surface area contributed by atoms with Crippen LogP contribution in [-0.4, -0.2) is 16.8 Å². The Bertz CT molecular complexity index is 490. The topological polar surface area (TPSA) is 15.6 Å². The first-order chi connectivity index (χ1) is 7.83. The third kappa shape index (κ3) is 0.998. The molecule has 16 heavy (non-hydrogen) atoms. The summed E-state index contributed by atoms with van der Waals surface area (Å²) in [6.07, 6.45) is 4.10. The van der Waals surface area contributed by atoms with Gasteiger partial charge in [0.25, 0.3) is 0 Å². The molecule has 0 aromatic heterocycles. The van der Waals surface area contributed by atoms with Crippen molar-refractivity contribution in [3.8, 4) is 0 Å². The van der Waals surface area contributed by atoms with Gasteiger partial charge in [-0.05, 0) is 37.3 Å². The number of hydrogen-bond donors (Lipinski definition) is 0. The van der Waals surface area contributed by atoms with Gasteiger partial charge in [0.05, 0.1) is 5.69 Å². The van der Waals surface area contributed by atoms with Crippen LogP contribution in [0.3, 0.4) is 0 Å². The molecular weight excluding hydrogens is 196 g/mol. The van der Waals surface area contributed by atoms with Gasteiger partial charge in [0.1, 0.15) is 5.84 Å². The van der Waals surface area contributed by atoms with Gasteiger partial charge in [-0.15, -0.1) is 0 Å². The number of amidine groups is 1. The highest BCUT2D eigenvalue weighted by Gasteiger charge is 2.44. The Kier molecular flexibility index (Phi) is 1.58. The normalized spacial score (nSPS) is 30.1. The average Bonchev–Trinajstić information content (AvgIpc) is 2.88. The molecule has 1 saturated carbocycles. The molecule has 2 heterocycles. The van der Waals surface area contributed by atoms with E-state index < -0.39 is 0 Å². The largest absolute Gasteiger partial charge is 0.352 e. The van der Waals surface area contributed by atoms with Crippen LogP contribution in [0, 0.1) is 12.8 Å². The van der Waals surface area contributed by atoms with Crippen molar-refractivity contribution in [3.05, 3.63) is 29.3 Å². The van der Waals surface area contributed by atoms with Crippen molar-refractivity contribution in [1.82, 2.24) is 4.90 Å². The van der Waals surface area contributed by atoms with E-state index in [1.165, 1.54) is 41.9 Å². The summed E-state index contributed by atoms with van der Waals surface area (Å²) >= 11 is 0. The van der Waals surface area contributed by atoms with Gasteiger partial charge in [0.2, 0.25) is 0 Å². The van der Waals surface area contributed by atoms with Gasteiger partial charge in [-0.2, -0.15) is 0 Å². The molecular formula is C14H16N2. The Morgan fingerprint density at radius 2 is 2.25 bits per heavy atom. The van der Waals surface area contributed by atoms with E-state index in [2.05, 4.69) is 30.0 Å². The molecule has 82 valence electrons. The fraction of sp³-hybridized carbons (Fsp3) is 0.500. The highest BCUT2D eigenvalue weighted by Crippen LogP contribution is 2.44. The monoisotopic (exact) mass is 212 g/mol. The van der Waals surface area contributed by atoms with E-state index in [-0.39, 0.29) is 0 Å². The molecule has 0 N–H and O–H groups in total. The molecule has 2 atom stereocenters. The maximum Gasteiger partial charge on any atom is 0.109 e. The van der Waals surface area contributed by atoms with Gasteiger partial charge in [-0.25, -0.2) is 4.99 Å². The number of fused-ring (bicyclic) bond motifs is 6. The average molecular weight is 212 g/mol. The molecule has 1 aromatic carbocycles. The minimum absolute atomic E-state index is 0.762. The lowest BCUT2D eigenvalue weighted by Gasteiger charge is -2.34. The summed E-state index contributed by atoms with van der Waals surface area (Å²) < 4.78 is 0. The molecule has 0 radical (unpaired) electrons. The second-order valence-corrected chi connectivity index (χ2v) is 5.34. The molecule has 2 nitrogen and oxygen atoms in total. The van der Waals surface area contributed by atoms with Gasteiger partial charge < -0.3 is 4.90 Å². The van der Waals surface area contributed by atoms with Crippen LogP contribution < -0.4 is 0 Å². The molecule has 0 spiro atoms. The van der Waals surface area contributed by atoms with Crippen LogP contribution in [-0.2, 0) is 6.54 Å². The minimum atomic E-state index is 0.762. The first kappa shape index (κ1) is 8.80. The minimum Gasteiger partial charge on any atom is -0.352 e. The van der Waals surface area contributed by atoms with Crippen LogP contribution in [0.2, 0.25) is 0 Å². The Morgan fingerprint density at radius 1 is 1.31 bits per heavy atom. The van der Waals surface area contributed by atoms with Crippen molar-refractivity contribution >= 4 is 11.5 Å². The van der Waals surface area contributed by atoms with Crippen molar-refractivity contribution in [1.29, 1.82) is 0 Å². The van der Waals surface area contributed by atoms with Crippen LogP contribution in [0.25, 0.3) is 0 Å². The second kappa shape index (κ2) is 2.88. The molecule has 2 aliphatic heterocycles. The molecule has 3 aliphatic rings. The lowest BCUT2D eigenvalue weighted by molar-refractivity contribution is 0.317. The van der Waals surface area contributed by atoms with E-state index in [1.807, 2.05) is 0 Å². The van der Waals surface area contributed by atoms with Crippen LogP contribution in [0.1, 0.15) is 30.4 Å². The summed E-state index contributed by atoms with van der Waals surface area (Å²) in [5.41, 5.74) is 3.99. The molecule has 2 unspecified atom stereocenters. The predicted octanol–water partition coefficient (Wildman–Crippen LogP) is 3.02. The zero-order valence-corrected chi connectivity index (χ0v) is 9.61. The number of nitrogens with zero attached hydrogens (tertiary/aromatic N) is 2. The first-order valence-electron chi connectivity index (χ1n) is 6.26. The Labute approximate surface area is 96.0 Å². The number of aryl methyl sites for hydroxylation is 1. The van der Waals surface area contributed by atoms with Crippen LogP contribution in [0.4, 0.5) is 5.69 Å². The van der Waals surface area contributed by atoms with E-state index in [0.717, 1.165) is 18.5 Å². The SMILES string of the molecule is Cc1cccc2c1N=C1C3CCC(C3)N1C2. The molecule has 1 aliphatic carbocycles. The predicted molar refractivity (Wildman–Crippen MR) is 64.9 cm³/mol. The highest BCUT2D eigenvalue weighted by molar-refractivity contribution is 5.92. The number of piperidine rings is 1. The molecule has 2 bridgehead atoms. The van der Waals surface area contributed by atoms with E-state index in [9.17, 15) is 0 Å². The number of rotatable bonds is 0. The molecule has 4 rings (SSSR count). The van der Waals surface area contributed by atoms with Gasteiger partial charge in [-0.3, -0.25) is 0 Å². The molecule has 2 heteroatoms. The number of hydrogen-bond acceptors (Lipinski definition) is 2. The van der Waals surface area contributed by atoms with Crippen molar-refractivity contribution < 1.29 is 0 Å². The number of para-hydroxylation sites is 1. The standard InChI is InChI=1S/C14H16N2/c1-9-3-2-4-11-8-16-12-6-5-10(7-12)14(16)15-13(9)11/h2-4,10,12H,5-8H2,1H3. The fourth-order valence-corrected chi connectivity index (χ4v) is 3.57.